The largest absolute Gasteiger partial charge is 0.454 e. The van der Waals surface area contributed by atoms with Crippen molar-refractivity contribution in [3.8, 4) is 0 Å². The van der Waals surface area contributed by atoms with Crippen LogP contribution >= 0.6 is 0 Å². The minimum atomic E-state index is -0.419. The van der Waals surface area contributed by atoms with Gasteiger partial charge in [0.15, 0.2) is 5.76 Å². The monoisotopic (exact) mass is 330 g/mol. The summed E-state index contributed by atoms with van der Waals surface area (Å²) in [5.41, 5.74) is -0.113. The molecule has 128 valence electrons. The van der Waals surface area contributed by atoms with Gasteiger partial charge in [-0.15, -0.1) is 0 Å². The maximum Gasteiger partial charge on any atom is 0.289 e. The third-order valence-corrected chi connectivity index (χ3v) is 4.52. The number of pyridine rings is 1. The average molecular weight is 330 g/mol. The second-order valence-electron chi connectivity index (χ2n) is 6.33. The normalized spacial score (nSPS) is 19.2. The van der Waals surface area contributed by atoms with Crippen LogP contribution in [0.3, 0.4) is 0 Å². The van der Waals surface area contributed by atoms with Gasteiger partial charge >= 0.3 is 0 Å². The number of hydrogen-bond acceptors (Lipinski definition) is 4. The lowest BCUT2D eigenvalue weighted by molar-refractivity contribution is 0.0441. The quantitative estimate of drug-likeness (QED) is 0.926. The van der Waals surface area contributed by atoms with Gasteiger partial charge in [0.1, 0.15) is 5.76 Å². The summed E-state index contributed by atoms with van der Waals surface area (Å²) >= 11 is 0. The summed E-state index contributed by atoms with van der Waals surface area (Å²) in [4.78, 5) is 26.1. The Kier molecular flexibility index (Phi) is 4.85. The van der Waals surface area contributed by atoms with Crippen molar-refractivity contribution in [2.24, 2.45) is 5.92 Å². The molecule has 1 amide bonds. The molecule has 1 saturated heterocycles. The first-order chi connectivity index (χ1) is 11.5. The van der Waals surface area contributed by atoms with Crippen molar-refractivity contribution >= 4 is 5.91 Å². The lowest BCUT2D eigenvalue weighted by Crippen LogP contribution is -2.42. The highest BCUT2D eigenvalue weighted by molar-refractivity contribution is 5.91. The molecule has 6 nitrogen and oxygen atoms in total. The number of hydrogen-bond donors (Lipinski definition) is 1. The first-order valence-electron chi connectivity index (χ1n) is 8.26. The highest BCUT2D eigenvalue weighted by Gasteiger charge is 2.28. The van der Waals surface area contributed by atoms with E-state index in [1.54, 1.807) is 42.3 Å². The first kappa shape index (κ1) is 16.5. The SMILES string of the molecule is CC(O)C1CCCN(C(=O)c2ccc(Cn3ccccc3=O)o2)C1. The number of carbonyl (C=O) groups is 1. The highest BCUT2D eigenvalue weighted by Crippen LogP contribution is 2.22. The molecule has 0 aliphatic carbocycles. The molecular weight excluding hydrogens is 308 g/mol. The van der Waals surface area contributed by atoms with Crippen LogP contribution in [0.1, 0.15) is 36.1 Å². The maximum atomic E-state index is 12.6. The molecule has 2 atom stereocenters. The van der Waals surface area contributed by atoms with Gasteiger partial charge in [0.2, 0.25) is 0 Å². The summed E-state index contributed by atoms with van der Waals surface area (Å²) in [5, 5.41) is 9.75. The Bertz CT molecular complexity index is 762. The standard InChI is InChI=1S/C18H22N2O4/c1-13(21)14-5-4-10-20(11-14)18(23)16-8-7-15(24-16)12-19-9-3-2-6-17(19)22/h2-3,6-9,13-14,21H,4-5,10-12H2,1H3. The molecule has 6 heteroatoms. The van der Waals surface area contributed by atoms with Gasteiger partial charge in [-0.25, -0.2) is 0 Å². The van der Waals surface area contributed by atoms with E-state index in [2.05, 4.69) is 0 Å². The number of aromatic nitrogens is 1. The zero-order chi connectivity index (χ0) is 17.1. The van der Waals surface area contributed by atoms with Crippen LogP contribution in [0.15, 0.2) is 45.7 Å². The summed E-state index contributed by atoms with van der Waals surface area (Å²) in [5.74, 6) is 0.794. The molecule has 2 unspecified atom stereocenters. The summed E-state index contributed by atoms with van der Waals surface area (Å²) in [7, 11) is 0. The van der Waals surface area contributed by atoms with Crippen molar-refractivity contribution in [1.29, 1.82) is 0 Å². The molecule has 1 aliphatic heterocycles. The van der Waals surface area contributed by atoms with Gasteiger partial charge in [0.05, 0.1) is 12.6 Å². The fraction of sp³-hybridized carbons (Fsp3) is 0.444. The number of nitrogens with zero attached hydrogens (tertiary/aromatic N) is 2. The Hall–Kier alpha value is -2.34. The smallest absolute Gasteiger partial charge is 0.289 e. The van der Waals surface area contributed by atoms with E-state index in [0.29, 0.717) is 25.4 Å². The van der Waals surface area contributed by atoms with Gasteiger partial charge < -0.3 is 19.0 Å². The van der Waals surface area contributed by atoms with Crippen LogP contribution in [-0.2, 0) is 6.54 Å². The summed E-state index contributed by atoms with van der Waals surface area (Å²) in [6, 6.07) is 8.32. The first-order valence-corrected chi connectivity index (χ1v) is 8.26. The van der Waals surface area contributed by atoms with E-state index in [1.165, 1.54) is 10.6 Å². The maximum absolute atomic E-state index is 12.6. The molecule has 1 fully saturated rings. The lowest BCUT2D eigenvalue weighted by atomic mass is 9.93. The number of aliphatic hydroxyl groups is 1. The molecule has 3 rings (SSSR count). The Morgan fingerprint density at radius 3 is 2.96 bits per heavy atom. The van der Waals surface area contributed by atoms with Crippen LogP contribution in [0, 0.1) is 5.92 Å². The van der Waals surface area contributed by atoms with E-state index in [-0.39, 0.29) is 23.1 Å². The van der Waals surface area contributed by atoms with Crippen molar-refractivity contribution in [3.05, 3.63) is 58.4 Å². The van der Waals surface area contributed by atoms with Gasteiger partial charge in [-0.3, -0.25) is 9.59 Å². The van der Waals surface area contributed by atoms with E-state index < -0.39 is 6.10 Å². The van der Waals surface area contributed by atoms with Crippen molar-refractivity contribution < 1.29 is 14.3 Å². The number of likely N-dealkylation sites (tertiary alicyclic amines) is 1. The predicted molar refractivity (Wildman–Crippen MR) is 88.8 cm³/mol. The Balaban J connectivity index is 1.70. The molecule has 0 saturated carbocycles. The Morgan fingerprint density at radius 2 is 2.21 bits per heavy atom. The van der Waals surface area contributed by atoms with Crippen molar-refractivity contribution in [1.82, 2.24) is 9.47 Å². The molecule has 0 radical (unpaired) electrons. The van der Waals surface area contributed by atoms with E-state index in [9.17, 15) is 14.7 Å². The molecule has 2 aromatic heterocycles. The number of carbonyl (C=O) groups excluding carboxylic acids is 1. The van der Waals surface area contributed by atoms with Crippen LogP contribution < -0.4 is 5.56 Å². The zero-order valence-corrected chi connectivity index (χ0v) is 13.7. The predicted octanol–water partition coefficient (Wildman–Crippen LogP) is 1.72. The highest BCUT2D eigenvalue weighted by atomic mass is 16.4. The molecule has 2 aromatic rings. The second kappa shape index (κ2) is 7.05. The van der Waals surface area contributed by atoms with Crippen molar-refractivity contribution in [3.63, 3.8) is 0 Å². The van der Waals surface area contributed by atoms with E-state index in [4.69, 9.17) is 4.42 Å². The minimum Gasteiger partial charge on any atom is -0.454 e. The van der Waals surface area contributed by atoms with Gasteiger partial charge in [-0.1, -0.05) is 6.07 Å². The Labute approximate surface area is 140 Å². The van der Waals surface area contributed by atoms with E-state index in [1.807, 2.05) is 0 Å². The van der Waals surface area contributed by atoms with Crippen molar-refractivity contribution in [2.75, 3.05) is 13.1 Å². The fourth-order valence-electron chi connectivity index (χ4n) is 3.08. The number of furan rings is 1. The van der Waals surface area contributed by atoms with Gasteiger partial charge in [-0.05, 0) is 38.0 Å². The molecule has 3 heterocycles. The summed E-state index contributed by atoms with van der Waals surface area (Å²) in [6.45, 7) is 3.28. The Morgan fingerprint density at radius 1 is 1.38 bits per heavy atom. The second-order valence-corrected chi connectivity index (χ2v) is 6.33. The topological polar surface area (TPSA) is 75.7 Å². The van der Waals surface area contributed by atoms with Crippen LogP contribution in [0.4, 0.5) is 0 Å². The summed E-state index contributed by atoms with van der Waals surface area (Å²) in [6.07, 6.45) is 3.08. The molecule has 24 heavy (non-hydrogen) atoms. The lowest BCUT2D eigenvalue weighted by Gasteiger charge is -2.33. The van der Waals surface area contributed by atoms with Gasteiger partial charge in [0, 0.05) is 31.3 Å². The van der Waals surface area contributed by atoms with Crippen LogP contribution in [0.25, 0.3) is 0 Å². The van der Waals surface area contributed by atoms with Crippen LogP contribution in [-0.4, -0.2) is 39.7 Å². The molecule has 1 N–H and O–H groups in total. The average Bonchev–Trinajstić information content (AvgIpc) is 3.05. The molecule has 0 bridgehead atoms. The third kappa shape index (κ3) is 3.59. The van der Waals surface area contributed by atoms with Crippen LogP contribution in [0.2, 0.25) is 0 Å². The number of piperidine rings is 1. The number of rotatable bonds is 4. The van der Waals surface area contributed by atoms with Gasteiger partial charge in [0.25, 0.3) is 11.5 Å². The third-order valence-electron chi connectivity index (χ3n) is 4.52. The molecular formula is C18H22N2O4. The minimum absolute atomic E-state index is 0.111. The molecule has 0 aromatic carbocycles. The van der Waals surface area contributed by atoms with Gasteiger partial charge in [-0.2, -0.15) is 0 Å². The van der Waals surface area contributed by atoms with E-state index in [0.717, 1.165) is 12.8 Å². The number of amides is 1. The van der Waals surface area contributed by atoms with Crippen molar-refractivity contribution in [2.45, 2.75) is 32.4 Å². The summed E-state index contributed by atoms with van der Waals surface area (Å²) < 4.78 is 7.17. The van der Waals surface area contributed by atoms with Crippen LogP contribution in [0.5, 0.6) is 0 Å². The molecule has 0 spiro atoms. The van der Waals surface area contributed by atoms with E-state index >= 15 is 0 Å². The zero-order valence-electron chi connectivity index (χ0n) is 13.7. The number of aliphatic hydroxyl groups excluding tert-OH is 1. The molecule has 1 aliphatic rings. The fourth-order valence-corrected chi connectivity index (χ4v) is 3.08.